The highest BCUT2D eigenvalue weighted by Gasteiger charge is 2.18. The van der Waals surface area contributed by atoms with Gasteiger partial charge in [-0.05, 0) is 42.3 Å². The molecule has 0 aromatic heterocycles. The Morgan fingerprint density at radius 3 is 2.30 bits per heavy atom. The summed E-state index contributed by atoms with van der Waals surface area (Å²) in [5.74, 6) is 0.0214. The highest BCUT2D eigenvalue weighted by Crippen LogP contribution is 2.19. The van der Waals surface area contributed by atoms with Gasteiger partial charge in [-0.25, -0.2) is 8.42 Å². The van der Waals surface area contributed by atoms with E-state index in [0.29, 0.717) is 11.4 Å². The molecule has 0 unspecified atom stereocenters. The van der Waals surface area contributed by atoms with E-state index in [1.54, 1.807) is 18.2 Å². The van der Waals surface area contributed by atoms with Crippen molar-refractivity contribution >= 4 is 27.5 Å². The molecule has 142 valence electrons. The second kappa shape index (κ2) is 8.39. The van der Waals surface area contributed by atoms with Crippen LogP contribution in [0.3, 0.4) is 0 Å². The van der Waals surface area contributed by atoms with Crippen molar-refractivity contribution in [2.75, 3.05) is 37.3 Å². The van der Waals surface area contributed by atoms with E-state index in [1.165, 1.54) is 6.26 Å². The number of benzene rings is 2. The Morgan fingerprint density at radius 1 is 0.926 bits per heavy atom. The summed E-state index contributed by atoms with van der Waals surface area (Å²) in [6.07, 6.45) is 5.56. The van der Waals surface area contributed by atoms with E-state index in [0.717, 1.165) is 37.3 Å². The summed E-state index contributed by atoms with van der Waals surface area (Å²) in [5, 5.41) is 0. The van der Waals surface area contributed by atoms with Gasteiger partial charge in [0.2, 0.25) is 5.91 Å². The molecule has 1 aliphatic rings. The van der Waals surface area contributed by atoms with Crippen molar-refractivity contribution in [3.63, 3.8) is 0 Å². The van der Waals surface area contributed by atoms with Gasteiger partial charge in [0.05, 0.1) is 4.90 Å². The molecular weight excluding hydrogens is 360 g/mol. The summed E-state index contributed by atoms with van der Waals surface area (Å²) in [7, 11) is -3.19. The molecule has 2 aromatic rings. The van der Waals surface area contributed by atoms with Crippen molar-refractivity contribution < 1.29 is 13.2 Å². The first-order valence-corrected chi connectivity index (χ1v) is 10.9. The van der Waals surface area contributed by atoms with Crippen LogP contribution in [0.5, 0.6) is 0 Å². The molecule has 1 heterocycles. The number of anilines is 1. The van der Waals surface area contributed by atoms with Crippen LogP contribution in [-0.2, 0) is 14.6 Å². The highest BCUT2D eigenvalue weighted by molar-refractivity contribution is 7.90. The molecule has 3 rings (SSSR count). The number of carbonyl (C=O) groups excluding carboxylic acids is 1. The van der Waals surface area contributed by atoms with Crippen LogP contribution in [0.25, 0.3) is 6.08 Å². The van der Waals surface area contributed by atoms with Gasteiger partial charge in [-0.2, -0.15) is 0 Å². The molecule has 5 nitrogen and oxygen atoms in total. The van der Waals surface area contributed by atoms with Gasteiger partial charge >= 0.3 is 0 Å². The van der Waals surface area contributed by atoms with Crippen molar-refractivity contribution in [2.24, 2.45) is 0 Å². The summed E-state index contributed by atoms with van der Waals surface area (Å²) >= 11 is 0. The van der Waals surface area contributed by atoms with Gasteiger partial charge in [0.1, 0.15) is 0 Å². The molecular formula is C21H24N2O3S. The zero-order valence-electron chi connectivity index (χ0n) is 15.4. The molecule has 1 aliphatic heterocycles. The van der Waals surface area contributed by atoms with Crippen molar-refractivity contribution in [2.45, 2.75) is 11.3 Å². The molecule has 2 aromatic carbocycles. The van der Waals surface area contributed by atoms with Crippen LogP contribution >= 0.6 is 0 Å². The van der Waals surface area contributed by atoms with Crippen LogP contribution in [0, 0.1) is 0 Å². The average molecular weight is 385 g/mol. The number of hydrogen-bond acceptors (Lipinski definition) is 4. The number of sulfone groups is 1. The first-order valence-electron chi connectivity index (χ1n) is 9.00. The van der Waals surface area contributed by atoms with Gasteiger partial charge in [0.15, 0.2) is 9.84 Å². The van der Waals surface area contributed by atoms with Gasteiger partial charge in [0, 0.05) is 44.2 Å². The largest absolute Gasteiger partial charge is 0.370 e. The van der Waals surface area contributed by atoms with E-state index < -0.39 is 9.84 Å². The number of carbonyl (C=O) groups is 1. The third kappa shape index (κ3) is 5.20. The molecule has 1 fully saturated rings. The minimum atomic E-state index is -3.19. The first-order chi connectivity index (χ1) is 12.9. The topological polar surface area (TPSA) is 57.7 Å². The fraction of sp³-hybridized carbons (Fsp3) is 0.286. The van der Waals surface area contributed by atoms with Gasteiger partial charge in [-0.3, -0.25) is 4.79 Å². The van der Waals surface area contributed by atoms with Crippen molar-refractivity contribution in [1.82, 2.24) is 4.90 Å². The third-order valence-electron chi connectivity index (χ3n) is 4.66. The lowest BCUT2D eigenvalue weighted by molar-refractivity contribution is -0.125. The van der Waals surface area contributed by atoms with E-state index in [9.17, 15) is 13.2 Å². The van der Waals surface area contributed by atoms with Gasteiger partial charge in [0.25, 0.3) is 0 Å². The van der Waals surface area contributed by atoms with E-state index in [4.69, 9.17) is 0 Å². The van der Waals surface area contributed by atoms with Crippen molar-refractivity contribution in [3.05, 3.63) is 66.2 Å². The summed E-state index contributed by atoms with van der Waals surface area (Å²) in [6.45, 7) is 2.93. The Hall–Kier alpha value is -2.60. The minimum absolute atomic E-state index is 0.0214. The monoisotopic (exact) mass is 384 g/mol. The predicted molar refractivity (Wildman–Crippen MR) is 108 cm³/mol. The van der Waals surface area contributed by atoms with Crippen LogP contribution in [0.15, 0.2) is 65.6 Å². The first kappa shape index (κ1) is 19.2. The van der Waals surface area contributed by atoms with Crippen LogP contribution < -0.4 is 4.90 Å². The normalized spacial score (nSPS) is 15.7. The van der Waals surface area contributed by atoms with Crippen molar-refractivity contribution in [1.29, 1.82) is 0 Å². The average Bonchev–Trinajstić information content (AvgIpc) is 2.93. The molecule has 6 heteroatoms. The lowest BCUT2D eigenvalue weighted by Crippen LogP contribution is -2.34. The fourth-order valence-electron chi connectivity index (χ4n) is 3.14. The zero-order chi connectivity index (χ0) is 19.3. The summed E-state index contributed by atoms with van der Waals surface area (Å²) in [6, 6.07) is 16.7. The molecule has 0 bridgehead atoms. The molecule has 0 N–H and O–H groups in total. The molecule has 0 saturated carbocycles. The van der Waals surface area contributed by atoms with Gasteiger partial charge in [-0.1, -0.05) is 30.3 Å². The summed E-state index contributed by atoms with van der Waals surface area (Å²) < 4.78 is 23.2. The summed E-state index contributed by atoms with van der Waals surface area (Å²) in [5.41, 5.74) is 1.99. The minimum Gasteiger partial charge on any atom is -0.370 e. The third-order valence-corrected chi connectivity index (χ3v) is 5.78. The second-order valence-corrected chi connectivity index (χ2v) is 8.69. The number of nitrogens with zero attached hydrogens (tertiary/aromatic N) is 2. The highest BCUT2D eigenvalue weighted by atomic mass is 32.2. The Morgan fingerprint density at radius 2 is 1.63 bits per heavy atom. The Kier molecular flexibility index (Phi) is 5.96. The zero-order valence-corrected chi connectivity index (χ0v) is 16.2. The Bertz CT molecular complexity index is 906. The predicted octanol–water partition coefficient (Wildman–Crippen LogP) is 2.84. The smallest absolute Gasteiger partial charge is 0.246 e. The lowest BCUT2D eigenvalue weighted by Gasteiger charge is -2.23. The maximum atomic E-state index is 12.5. The van der Waals surface area contributed by atoms with E-state index >= 15 is 0 Å². The maximum Gasteiger partial charge on any atom is 0.246 e. The van der Waals surface area contributed by atoms with Crippen LogP contribution in [0.1, 0.15) is 12.0 Å². The SMILES string of the molecule is CS(=O)(=O)c1ccc(N2CCCN(C(=O)/C=C/c3ccccc3)CC2)cc1. The van der Waals surface area contributed by atoms with Gasteiger partial charge < -0.3 is 9.80 Å². The molecule has 27 heavy (non-hydrogen) atoms. The second-order valence-electron chi connectivity index (χ2n) is 6.68. The van der Waals surface area contributed by atoms with Crippen LogP contribution in [0.4, 0.5) is 5.69 Å². The van der Waals surface area contributed by atoms with E-state index in [2.05, 4.69) is 4.90 Å². The number of hydrogen-bond donors (Lipinski definition) is 0. The molecule has 1 amide bonds. The van der Waals surface area contributed by atoms with E-state index in [1.807, 2.05) is 53.4 Å². The number of rotatable bonds is 4. The molecule has 0 atom stereocenters. The molecule has 0 aliphatic carbocycles. The summed E-state index contributed by atoms with van der Waals surface area (Å²) in [4.78, 5) is 16.9. The quantitative estimate of drug-likeness (QED) is 0.761. The van der Waals surface area contributed by atoms with Crippen molar-refractivity contribution in [3.8, 4) is 0 Å². The Labute approximate surface area is 160 Å². The number of amides is 1. The van der Waals surface area contributed by atoms with Crippen LogP contribution in [-0.4, -0.2) is 51.7 Å². The lowest BCUT2D eigenvalue weighted by atomic mass is 10.2. The van der Waals surface area contributed by atoms with Crippen LogP contribution in [0.2, 0.25) is 0 Å². The Balaban J connectivity index is 1.61. The molecule has 0 radical (unpaired) electrons. The van der Waals surface area contributed by atoms with E-state index in [-0.39, 0.29) is 5.91 Å². The maximum absolute atomic E-state index is 12.5. The molecule has 0 spiro atoms. The molecule has 1 saturated heterocycles. The fourth-order valence-corrected chi connectivity index (χ4v) is 3.77. The van der Waals surface area contributed by atoms with Gasteiger partial charge in [-0.15, -0.1) is 0 Å². The standard InChI is InChI=1S/C21H24N2O3S/c1-27(25,26)20-11-9-19(10-12-20)22-14-5-15-23(17-16-22)21(24)13-8-18-6-3-2-4-7-18/h2-4,6-13H,5,14-17H2,1H3/b13-8+.